The Labute approximate surface area is 82.2 Å². The lowest BCUT2D eigenvalue weighted by Crippen LogP contribution is -2.40. The molecule has 4 nitrogen and oxygen atoms in total. The van der Waals surface area contributed by atoms with Gasteiger partial charge in [0.1, 0.15) is 0 Å². The van der Waals surface area contributed by atoms with E-state index in [9.17, 15) is 10.2 Å². The molecule has 1 aromatic rings. The highest BCUT2D eigenvalue weighted by Crippen LogP contribution is 2.34. The Balaban J connectivity index is 2.36. The first kappa shape index (κ1) is 9.58. The van der Waals surface area contributed by atoms with E-state index in [2.05, 4.69) is 4.98 Å². The summed E-state index contributed by atoms with van der Waals surface area (Å²) >= 11 is 0. The zero-order valence-electron chi connectivity index (χ0n) is 7.76. The highest BCUT2D eigenvalue weighted by molar-refractivity contribution is 5.19. The zero-order valence-corrected chi connectivity index (χ0v) is 7.76. The van der Waals surface area contributed by atoms with E-state index in [4.69, 9.17) is 4.74 Å². The van der Waals surface area contributed by atoms with Crippen molar-refractivity contribution < 1.29 is 14.9 Å². The Hall–Kier alpha value is -0.970. The zero-order chi connectivity index (χ0) is 10.0. The molecule has 1 aliphatic heterocycles. The van der Waals surface area contributed by atoms with E-state index in [0.29, 0.717) is 25.3 Å². The molecular weight excluding hydrogens is 182 g/mol. The summed E-state index contributed by atoms with van der Waals surface area (Å²) in [5.41, 5.74) is -0.0474. The molecule has 2 N–H and O–H groups in total. The second-order valence-electron chi connectivity index (χ2n) is 3.55. The van der Waals surface area contributed by atoms with Crippen LogP contribution in [0, 0.1) is 0 Å². The molecule has 0 amide bonds. The number of nitrogens with zero attached hydrogens (tertiary/aromatic N) is 1. The van der Waals surface area contributed by atoms with Crippen LogP contribution in [-0.4, -0.2) is 34.7 Å². The van der Waals surface area contributed by atoms with Crippen molar-refractivity contribution in [2.24, 2.45) is 0 Å². The van der Waals surface area contributed by atoms with Crippen LogP contribution in [0.25, 0.3) is 0 Å². The largest absolute Gasteiger partial charge is 0.380 e. The summed E-state index contributed by atoms with van der Waals surface area (Å²) in [5, 5.41) is 18.8. The SMILES string of the molecule is OC(O)C1(c2ccccn2)CCOC1. The van der Waals surface area contributed by atoms with Gasteiger partial charge in [-0.1, -0.05) is 6.07 Å². The Bertz CT molecular complexity index is 293. The fraction of sp³-hybridized carbons (Fsp3) is 0.500. The van der Waals surface area contributed by atoms with Crippen LogP contribution in [0.3, 0.4) is 0 Å². The first-order chi connectivity index (χ1) is 6.76. The molecule has 0 aliphatic carbocycles. The van der Waals surface area contributed by atoms with Gasteiger partial charge in [-0.25, -0.2) is 0 Å². The predicted octanol–water partition coefficient (Wildman–Crippen LogP) is 0.0504. The maximum absolute atomic E-state index is 9.39. The third kappa shape index (κ3) is 1.41. The molecule has 1 unspecified atom stereocenters. The highest BCUT2D eigenvalue weighted by atomic mass is 16.5. The molecule has 4 heteroatoms. The monoisotopic (exact) mass is 195 g/mol. The van der Waals surface area contributed by atoms with E-state index in [1.165, 1.54) is 0 Å². The van der Waals surface area contributed by atoms with Gasteiger partial charge in [0.2, 0.25) is 0 Å². The molecule has 0 bridgehead atoms. The van der Waals surface area contributed by atoms with Crippen molar-refractivity contribution in [3.8, 4) is 0 Å². The average molecular weight is 195 g/mol. The summed E-state index contributed by atoms with van der Waals surface area (Å²) in [4.78, 5) is 4.15. The van der Waals surface area contributed by atoms with E-state index in [0.717, 1.165) is 0 Å². The molecule has 2 heterocycles. The second kappa shape index (κ2) is 3.65. The van der Waals surface area contributed by atoms with Crippen molar-refractivity contribution in [1.29, 1.82) is 0 Å². The summed E-state index contributed by atoms with van der Waals surface area (Å²) in [6, 6.07) is 5.44. The molecule has 0 aromatic carbocycles. The Morgan fingerprint density at radius 3 is 2.79 bits per heavy atom. The maximum atomic E-state index is 9.39. The minimum Gasteiger partial charge on any atom is -0.380 e. The standard InChI is InChI=1S/C10H13NO3/c12-9(13)10(4-6-14-7-10)8-3-1-2-5-11-8/h1-3,5,9,12-13H,4,6-7H2. The lowest BCUT2D eigenvalue weighted by Gasteiger charge is -2.28. The molecule has 14 heavy (non-hydrogen) atoms. The van der Waals surface area contributed by atoms with Crippen LogP contribution in [0.5, 0.6) is 0 Å². The van der Waals surface area contributed by atoms with Crippen LogP contribution in [0.2, 0.25) is 0 Å². The van der Waals surface area contributed by atoms with Gasteiger partial charge in [-0.15, -0.1) is 0 Å². The van der Waals surface area contributed by atoms with E-state index < -0.39 is 11.7 Å². The van der Waals surface area contributed by atoms with Gasteiger partial charge in [-0.3, -0.25) is 4.98 Å². The van der Waals surface area contributed by atoms with Gasteiger partial charge in [-0.2, -0.15) is 0 Å². The number of hydrogen-bond acceptors (Lipinski definition) is 4. The summed E-state index contributed by atoms with van der Waals surface area (Å²) in [6.07, 6.45) is 0.833. The third-order valence-electron chi connectivity index (χ3n) is 2.72. The van der Waals surface area contributed by atoms with Crippen LogP contribution in [-0.2, 0) is 10.2 Å². The first-order valence-electron chi connectivity index (χ1n) is 4.61. The van der Waals surface area contributed by atoms with Crippen molar-refractivity contribution in [2.45, 2.75) is 18.1 Å². The lowest BCUT2D eigenvalue weighted by molar-refractivity contribution is -0.102. The van der Waals surface area contributed by atoms with E-state index in [-0.39, 0.29) is 0 Å². The molecule has 0 radical (unpaired) electrons. The molecule has 1 fully saturated rings. The fourth-order valence-electron chi connectivity index (χ4n) is 1.78. The molecule has 0 saturated carbocycles. The quantitative estimate of drug-likeness (QED) is 0.654. The van der Waals surface area contributed by atoms with Crippen molar-refractivity contribution in [3.05, 3.63) is 30.1 Å². The number of hydrogen-bond donors (Lipinski definition) is 2. The Kier molecular flexibility index (Phi) is 2.50. The molecule has 1 atom stereocenters. The Morgan fingerprint density at radius 1 is 1.43 bits per heavy atom. The van der Waals surface area contributed by atoms with Crippen LogP contribution in [0.4, 0.5) is 0 Å². The smallest absolute Gasteiger partial charge is 0.165 e. The van der Waals surface area contributed by atoms with E-state index >= 15 is 0 Å². The molecule has 76 valence electrons. The predicted molar refractivity (Wildman–Crippen MR) is 49.6 cm³/mol. The van der Waals surface area contributed by atoms with E-state index in [1.54, 1.807) is 18.3 Å². The molecule has 0 spiro atoms. The van der Waals surface area contributed by atoms with Crippen LogP contribution < -0.4 is 0 Å². The highest BCUT2D eigenvalue weighted by Gasteiger charge is 2.43. The van der Waals surface area contributed by atoms with Crippen LogP contribution in [0.1, 0.15) is 12.1 Å². The molecule has 2 rings (SSSR count). The number of aliphatic hydroxyl groups excluding tert-OH is 1. The van der Waals surface area contributed by atoms with Gasteiger partial charge in [-0.05, 0) is 18.6 Å². The number of ether oxygens (including phenoxy) is 1. The van der Waals surface area contributed by atoms with E-state index in [1.807, 2.05) is 6.07 Å². The lowest BCUT2D eigenvalue weighted by atomic mass is 9.82. The number of aromatic nitrogens is 1. The fourth-order valence-corrected chi connectivity index (χ4v) is 1.78. The number of pyridine rings is 1. The second-order valence-corrected chi connectivity index (χ2v) is 3.55. The normalized spacial score (nSPS) is 27.1. The van der Waals surface area contributed by atoms with Crippen LogP contribution >= 0.6 is 0 Å². The summed E-state index contributed by atoms with van der Waals surface area (Å²) in [6.45, 7) is 0.871. The van der Waals surface area contributed by atoms with Gasteiger partial charge in [0.25, 0.3) is 0 Å². The van der Waals surface area contributed by atoms with Crippen molar-refractivity contribution in [3.63, 3.8) is 0 Å². The number of rotatable bonds is 2. The minimum absolute atomic E-state index is 0.321. The first-order valence-corrected chi connectivity index (χ1v) is 4.61. The third-order valence-corrected chi connectivity index (χ3v) is 2.72. The minimum atomic E-state index is -1.42. The summed E-state index contributed by atoms with van der Waals surface area (Å²) < 4.78 is 5.22. The maximum Gasteiger partial charge on any atom is 0.165 e. The van der Waals surface area contributed by atoms with Gasteiger partial charge in [0.15, 0.2) is 6.29 Å². The molecule has 1 aromatic heterocycles. The molecule has 1 aliphatic rings. The van der Waals surface area contributed by atoms with Gasteiger partial charge >= 0.3 is 0 Å². The van der Waals surface area contributed by atoms with Gasteiger partial charge in [0.05, 0.1) is 17.7 Å². The average Bonchev–Trinajstić information content (AvgIpc) is 2.69. The van der Waals surface area contributed by atoms with Crippen LogP contribution in [0.15, 0.2) is 24.4 Å². The molecular formula is C10H13NO3. The van der Waals surface area contributed by atoms with Gasteiger partial charge in [0, 0.05) is 12.8 Å². The van der Waals surface area contributed by atoms with Crippen molar-refractivity contribution in [2.75, 3.05) is 13.2 Å². The van der Waals surface area contributed by atoms with Crippen molar-refractivity contribution in [1.82, 2.24) is 4.98 Å². The molecule has 1 saturated heterocycles. The van der Waals surface area contributed by atoms with Crippen molar-refractivity contribution >= 4 is 0 Å². The summed E-state index contributed by atoms with van der Waals surface area (Å²) in [7, 11) is 0. The number of aliphatic hydroxyl groups is 2. The Morgan fingerprint density at radius 2 is 2.29 bits per heavy atom. The summed E-state index contributed by atoms with van der Waals surface area (Å²) in [5.74, 6) is 0. The topological polar surface area (TPSA) is 62.6 Å². The van der Waals surface area contributed by atoms with Gasteiger partial charge < -0.3 is 14.9 Å².